The van der Waals surface area contributed by atoms with Crippen LogP contribution < -0.4 is 11.1 Å². The van der Waals surface area contributed by atoms with Crippen molar-refractivity contribution in [3.63, 3.8) is 0 Å². The first-order valence-corrected chi connectivity index (χ1v) is 7.81. The average molecular weight is 304 g/mol. The van der Waals surface area contributed by atoms with Crippen molar-refractivity contribution in [2.45, 2.75) is 25.8 Å². The molecule has 1 heterocycles. The van der Waals surface area contributed by atoms with Crippen molar-refractivity contribution in [3.8, 4) is 0 Å². The molecule has 0 aliphatic rings. The number of thiophene rings is 1. The minimum atomic E-state index is -0.360. The molecular formula is C16H20N2O2S. The van der Waals surface area contributed by atoms with Gasteiger partial charge >= 0.3 is 5.97 Å². The maximum atomic E-state index is 11.6. The van der Waals surface area contributed by atoms with Gasteiger partial charge in [-0.3, -0.25) is 0 Å². The van der Waals surface area contributed by atoms with E-state index >= 15 is 0 Å². The molecule has 2 rings (SSSR count). The molecule has 4 nitrogen and oxygen atoms in total. The third-order valence-electron chi connectivity index (χ3n) is 3.27. The van der Waals surface area contributed by atoms with Crippen LogP contribution in [0, 0.1) is 0 Å². The number of benzene rings is 1. The minimum absolute atomic E-state index is 0.199. The third kappa shape index (κ3) is 3.76. The first-order chi connectivity index (χ1) is 10.2. The number of hydrogen-bond acceptors (Lipinski definition) is 5. The minimum Gasteiger partial charge on any atom is -0.465 e. The van der Waals surface area contributed by atoms with Gasteiger partial charge in [-0.1, -0.05) is 19.4 Å². The lowest BCUT2D eigenvalue weighted by Crippen LogP contribution is -2.12. The van der Waals surface area contributed by atoms with E-state index in [1.165, 1.54) is 12.0 Å². The number of hydrogen-bond donors (Lipinski definition) is 2. The summed E-state index contributed by atoms with van der Waals surface area (Å²) in [6.07, 6.45) is 2.06. The van der Waals surface area contributed by atoms with Gasteiger partial charge in [-0.05, 0) is 36.1 Å². The number of nitrogens with two attached hydrogens (primary N) is 1. The Hall–Kier alpha value is -2.01. The second kappa shape index (κ2) is 7.13. The van der Waals surface area contributed by atoms with E-state index in [2.05, 4.69) is 23.7 Å². The van der Waals surface area contributed by atoms with Crippen molar-refractivity contribution in [1.82, 2.24) is 0 Å². The molecule has 5 heteroatoms. The van der Waals surface area contributed by atoms with E-state index in [1.807, 2.05) is 6.07 Å². The Morgan fingerprint density at radius 3 is 2.86 bits per heavy atom. The summed E-state index contributed by atoms with van der Waals surface area (Å²) >= 11 is 1.72. The van der Waals surface area contributed by atoms with Crippen LogP contribution in [0.2, 0.25) is 0 Å². The highest BCUT2D eigenvalue weighted by Crippen LogP contribution is 2.30. The molecule has 2 aromatic rings. The monoisotopic (exact) mass is 304 g/mol. The molecule has 1 atom stereocenters. The van der Waals surface area contributed by atoms with Gasteiger partial charge in [-0.15, -0.1) is 11.3 Å². The van der Waals surface area contributed by atoms with E-state index in [0.29, 0.717) is 11.3 Å². The summed E-state index contributed by atoms with van der Waals surface area (Å²) in [6, 6.07) is 9.50. The number of esters is 1. The Morgan fingerprint density at radius 1 is 1.43 bits per heavy atom. The van der Waals surface area contributed by atoms with Gasteiger partial charge in [0.15, 0.2) is 0 Å². The van der Waals surface area contributed by atoms with Gasteiger partial charge in [0.1, 0.15) is 0 Å². The van der Waals surface area contributed by atoms with Crippen LogP contribution in [0.5, 0.6) is 0 Å². The predicted octanol–water partition coefficient (Wildman–Crippen LogP) is 4.07. The quantitative estimate of drug-likeness (QED) is 0.623. The third-order valence-corrected chi connectivity index (χ3v) is 4.25. The maximum Gasteiger partial charge on any atom is 0.337 e. The van der Waals surface area contributed by atoms with Crippen molar-refractivity contribution >= 4 is 28.7 Å². The summed E-state index contributed by atoms with van der Waals surface area (Å²) < 4.78 is 4.75. The Labute approximate surface area is 128 Å². The predicted molar refractivity (Wildman–Crippen MR) is 87.8 cm³/mol. The molecule has 0 amide bonds. The van der Waals surface area contributed by atoms with Crippen LogP contribution in [0.25, 0.3) is 0 Å². The highest BCUT2D eigenvalue weighted by Gasteiger charge is 2.14. The number of nitrogen functional groups attached to an aromatic ring is 1. The molecule has 1 unspecified atom stereocenters. The molecule has 1 aromatic carbocycles. The SMILES string of the molecule is CCCC(Nc1cc(C(=O)OC)ccc1N)c1cccs1. The fourth-order valence-electron chi connectivity index (χ4n) is 2.18. The van der Waals surface area contributed by atoms with Crippen molar-refractivity contribution < 1.29 is 9.53 Å². The number of carbonyl (C=O) groups is 1. The normalized spacial score (nSPS) is 11.9. The van der Waals surface area contributed by atoms with Gasteiger partial charge in [0.05, 0.1) is 30.1 Å². The van der Waals surface area contributed by atoms with E-state index in [0.717, 1.165) is 18.5 Å². The fourth-order valence-corrected chi connectivity index (χ4v) is 2.99. The zero-order valence-corrected chi connectivity index (χ0v) is 13.1. The molecular weight excluding hydrogens is 284 g/mol. The van der Waals surface area contributed by atoms with E-state index in [1.54, 1.807) is 29.5 Å². The van der Waals surface area contributed by atoms with Gasteiger partial charge in [0.2, 0.25) is 0 Å². The molecule has 0 radical (unpaired) electrons. The summed E-state index contributed by atoms with van der Waals surface area (Å²) in [5, 5.41) is 5.51. The standard InChI is InChI=1S/C16H20N2O2S/c1-3-5-13(15-6-4-9-21-15)18-14-10-11(16(19)20-2)7-8-12(14)17/h4,6-10,13,18H,3,5,17H2,1-2H3. The lowest BCUT2D eigenvalue weighted by atomic mass is 10.1. The molecule has 112 valence electrons. The van der Waals surface area contributed by atoms with Gasteiger partial charge in [0.25, 0.3) is 0 Å². The van der Waals surface area contributed by atoms with Gasteiger partial charge in [-0.2, -0.15) is 0 Å². The lowest BCUT2D eigenvalue weighted by molar-refractivity contribution is 0.0601. The number of anilines is 2. The molecule has 0 aliphatic carbocycles. The Bertz CT molecular complexity index is 596. The first kappa shape index (κ1) is 15.4. The van der Waals surface area contributed by atoms with E-state index in [4.69, 9.17) is 10.5 Å². The van der Waals surface area contributed by atoms with Gasteiger partial charge in [-0.25, -0.2) is 4.79 Å². The number of methoxy groups -OCH3 is 1. The summed E-state index contributed by atoms with van der Waals surface area (Å²) in [7, 11) is 1.37. The van der Waals surface area contributed by atoms with E-state index in [9.17, 15) is 4.79 Å². The second-order valence-electron chi connectivity index (χ2n) is 4.79. The fraction of sp³-hybridized carbons (Fsp3) is 0.312. The van der Waals surface area contributed by atoms with Crippen LogP contribution in [0.1, 0.15) is 41.0 Å². The van der Waals surface area contributed by atoms with Gasteiger partial charge < -0.3 is 15.8 Å². The van der Waals surface area contributed by atoms with Crippen LogP contribution in [-0.2, 0) is 4.74 Å². The molecule has 0 aliphatic heterocycles. The van der Waals surface area contributed by atoms with Crippen molar-refractivity contribution in [2.24, 2.45) is 0 Å². The van der Waals surface area contributed by atoms with Gasteiger partial charge in [0, 0.05) is 4.88 Å². The Balaban J connectivity index is 2.25. The summed E-state index contributed by atoms with van der Waals surface area (Å²) in [5.41, 5.74) is 7.91. The summed E-state index contributed by atoms with van der Waals surface area (Å²) in [6.45, 7) is 2.15. The highest BCUT2D eigenvalue weighted by atomic mass is 32.1. The lowest BCUT2D eigenvalue weighted by Gasteiger charge is -2.20. The van der Waals surface area contributed by atoms with E-state index in [-0.39, 0.29) is 12.0 Å². The topological polar surface area (TPSA) is 64.3 Å². The number of carbonyl (C=O) groups excluding carboxylic acids is 1. The Kier molecular flexibility index (Phi) is 5.22. The first-order valence-electron chi connectivity index (χ1n) is 6.93. The smallest absolute Gasteiger partial charge is 0.337 e. The molecule has 0 spiro atoms. The number of nitrogens with one attached hydrogen (secondary N) is 1. The van der Waals surface area contributed by atoms with Crippen LogP contribution in [0.4, 0.5) is 11.4 Å². The zero-order chi connectivity index (χ0) is 15.2. The molecule has 21 heavy (non-hydrogen) atoms. The van der Waals surface area contributed by atoms with E-state index < -0.39 is 0 Å². The highest BCUT2D eigenvalue weighted by molar-refractivity contribution is 7.10. The number of rotatable bonds is 6. The molecule has 0 fully saturated rings. The van der Waals surface area contributed by atoms with Crippen LogP contribution in [0.3, 0.4) is 0 Å². The van der Waals surface area contributed by atoms with Crippen molar-refractivity contribution in [3.05, 3.63) is 46.2 Å². The molecule has 1 aromatic heterocycles. The maximum absolute atomic E-state index is 11.6. The van der Waals surface area contributed by atoms with Crippen molar-refractivity contribution in [1.29, 1.82) is 0 Å². The number of ether oxygens (including phenoxy) is 1. The van der Waals surface area contributed by atoms with Crippen LogP contribution in [0.15, 0.2) is 35.7 Å². The van der Waals surface area contributed by atoms with Crippen LogP contribution >= 0.6 is 11.3 Å². The molecule has 3 N–H and O–H groups in total. The summed E-state index contributed by atoms with van der Waals surface area (Å²) in [4.78, 5) is 12.9. The average Bonchev–Trinajstić information content (AvgIpc) is 3.02. The van der Waals surface area contributed by atoms with Crippen LogP contribution in [-0.4, -0.2) is 13.1 Å². The zero-order valence-electron chi connectivity index (χ0n) is 12.3. The largest absolute Gasteiger partial charge is 0.465 e. The van der Waals surface area contributed by atoms with Crippen molar-refractivity contribution in [2.75, 3.05) is 18.2 Å². The molecule has 0 saturated heterocycles. The molecule has 0 bridgehead atoms. The summed E-state index contributed by atoms with van der Waals surface area (Å²) in [5.74, 6) is -0.360. The molecule has 0 saturated carbocycles. The second-order valence-corrected chi connectivity index (χ2v) is 5.77. The Morgan fingerprint density at radius 2 is 2.24 bits per heavy atom.